The molecule has 2 unspecified atom stereocenters. The fourth-order valence-electron chi connectivity index (χ4n) is 2.27. The molecule has 1 amide bonds. The number of carbonyl (C=O) groups excluding carboxylic acids is 1. The average Bonchev–Trinajstić information content (AvgIpc) is 2.66. The molecule has 4 N–H and O–H groups in total. The minimum Gasteiger partial charge on any atom is -0.478 e. The molecule has 144 valence electrons. The van der Waals surface area contributed by atoms with Crippen molar-refractivity contribution in [1.82, 2.24) is 5.32 Å². The van der Waals surface area contributed by atoms with Crippen LogP contribution in [-0.4, -0.2) is 40.0 Å². The highest BCUT2D eigenvalue weighted by molar-refractivity contribution is 5.89. The highest BCUT2D eigenvalue weighted by atomic mass is 19.2. The van der Waals surface area contributed by atoms with Crippen LogP contribution in [0.25, 0.3) is 0 Å². The van der Waals surface area contributed by atoms with Crippen LogP contribution in [-0.2, 0) is 11.3 Å². The van der Waals surface area contributed by atoms with Crippen molar-refractivity contribution in [2.24, 2.45) is 0 Å². The number of amides is 1. The number of carboxylic acids is 1. The van der Waals surface area contributed by atoms with Gasteiger partial charge in [0.1, 0.15) is 18.8 Å². The Labute approximate surface area is 152 Å². The summed E-state index contributed by atoms with van der Waals surface area (Å²) in [6, 6.07) is 9.69. The first-order valence-electron chi connectivity index (χ1n) is 7.82. The predicted octanol–water partition coefficient (Wildman–Crippen LogP) is 1.98. The average molecular weight is 381 g/mol. The van der Waals surface area contributed by atoms with Crippen LogP contribution in [0, 0.1) is 11.6 Å². The summed E-state index contributed by atoms with van der Waals surface area (Å²) in [7, 11) is 0. The molecule has 2 rings (SSSR count). The van der Waals surface area contributed by atoms with Crippen LogP contribution in [0.3, 0.4) is 0 Å². The number of rotatable bonds is 7. The Hall–Kier alpha value is -3.04. The number of carboxylic acid groups (broad SMARTS) is 1. The molecule has 0 aliphatic heterocycles. The minimum atomic E-state index is -1.87. The zero-order valence-corrected chi connectivity index (χ0v) is 13.9. The number of nitrogens with one attached hydrogen (secondary N) is 1. The lowest BCUT2D eigenvalue weighted by Gasteiger charge is -2.20. The van der Waals surface area contributed by atoms with Gasteiger partial charge in [-0.2, -0.15) is 0 Å². The van der Waals surface area contributed by atoms with E-state index in [1.807, 2.05) is 0 Å². The molecule has 0 saturated carbocycles. The molecule has 2 atom stereocenters. The molecule has 0 radical (unpaired) electrons. The van der Waals surface area contributed by atoms with Gasteiger partial charge >= 0.3 is 12.1 Å². The van der Waals surface area contributed by atoms with Crippen molar-refractivity contribution in [2.75, 3.05) is 6.54 Å². The normalized spacial score (nSPS) is 12.9. The number of benzene rings is 2. The lowest BCUT2D eigenvalue weighted by atomic mass is 9.98. The molecule has 27 heavy (non-hydrogen) atoms. The van der Waals surface area contributed by atoms with Crippen LogP contribution in [0.4, 0.5) is 13.6 Å². The topological polar surface area (TPSA) is 116 Å². The Morgan fingerprint density at radius 1 is 1.07 bits per heavy atom. The number of halogens is 2. The van der Waals surface area contributed by atoms with Crippen molar-refractivity contribution in [1.29, 1.82) is 0 Å². The highest BCUT2D eigenvalue weighted by Gasteiger charge is 2.26. The fraction of sp³-hybridized carbons (Fsp3) is 0.222. The molecule has 2 aromatic carbocycles. The van der Waals surface area contributed by atoms with Crippen molar-refractivity contribution in [2.45, 2.75) is 18.8 Å². The summed E-state index contributed by atoms with van der Waals surface area (Å²) in [6.45, 7) is -0.523. The van der Waals surface area contributed by atoms with Crippen molar-refractivity contribution in [3.8, 4) is 0 Å². The predicted molar refractivity (Wildman–Crippen MR) is 88.9 cm³/mol. The van der Waals surface area contributed by atoms with Gasteiger partial charge in [-0.05, 0) is 17.7 Å². The van der Waals surface area contributed by atoms with E-state index in [4.69, 9.17) is 9.84 Å². The summed E-state index contributed by atoms with van der Waals surface area (Å²) in [5.74, 6) is -4.39. The van der Waals surface area contributed by atoms with Gasteiger partial charge in [0.05, 0.1) is 5.56 Å². The molecule has 0 heterocycles. The maximum Gasteiger partial charge on any atom is 0.407 e. The molecular weight excluding hydrogens is 364 g/mol. The summed E-state index contributed by atoms with van der Waals surface area (Å²) >= 11 is 0. The summed E-state index contributed by atoms with van der Waals surface area (Å²) in [5, 5.41) is 31.2. The lowest BCUT2D eigenvalue weighted by Crippen LogP contribution is -2.36. The van der Waals surface area contributed by atoms with Gasteiger partial charge in [-0.15, -0.1) is 0 Å². The molecule has 0 spiro atoms. The Morgan fingerprint density at radius 3 is 2.33 bits per heavy atom. The molecule has 0 aromatic heterocycles. The molecular formula is C18H17F2NO6. The molecule has 2 aromatic rings. The van der Waals surface area contributed by atoms with Crippen LogP contribution in [0.1, 0.15) is 27.6 Å². The van der Waals surface area contributed by atoms with E-state index in [0.29, 0.717) is 12.1 Å². The van der Waals surface area contributed by atoms with Gasteiger partial charge in [0, 0.05) is 12.1 Å². The van der Waals surface area contributed by atoms with Crippen molar-refractivity contribution >= 4 is 12.1 Å². The number of aliphatic hydroxyl groups is 2. The molecule has 9 heteroatoms. The molecule has 7 nitrogen and oxygen atoms in total. The van der Waals surface area contributed by atoms with Gasteiger partial charge in [0.25, 0.3) is 0 Å². The molecule has 0 fully saturated rings. The van der Waals surface area contributed by atoms with Gasteiger partial charge in [-0.3, -0.25) is 0 Å². The largest absolute Gasteiger partial charge is 0.478 e. The zero-order valence-electron chi connectivity index (χ0n) is 13.9. The Kier molecular flexibility index (Phi) is 6.80. The number of aliphatic hydroxyl groups excluding tert-OH is 2. The number of carbonyl (C=O) groups is 2. The van der Waals surface area contributed by atoms with Crippen molar-refractivity contribution < 1.29 is 38.4 Å². The quantitative estimate of drug-likeness (QED) is 0.583. The van der Waals surface area contributed by atoms with E-state index < -0.39 is 53.6 Å². The Bertz CT molecular complexity index is 815. The SMILES string of the molecule is O=C(NCC(O)C(O)c1cc(F)c(F)cc1C(=O)O)OCc1ccccc1. The van der Waals surface area contributed by atoms with Crippen LogP contribution >= 0.6 is 0 Å². The third-order valence-electron chi connectivity index (χ3n) is 3.67. The van der Waals surface area contributed by atoms with E-state index in [2.05, 4.69) is 5.32 Å². The first-order valence-corrected chi connectivity index (χ1v) is 7.82. The first kappa shape index (κ1) is 20.3. The molecule has 0 aliphatic carbocycles. The third-order valence-corrected chi connectivity index (χ3v) is 3.67. The van der Waals surface area contributed by atoms with E-state index in [1.54, 1.807) is 30.3 Å². The minimum absolute atomic E-state index is 0.0162. The standard InChI is InChI=1S/C18H17F2NO6/c19-13-6-11(12(17(24)25)7-14(13)20)16(23)15(22)8-21-18(26)27-9-10-4-2-1-3-5-10/h1-7,15-16,22-23H,8-9H2,(H,21,26)(H,24,25). The van der Waals surface area contributed by atoms with Crippen LogP contribution in [0.15, 0.2) is 42.5 Å². The number of hydrogen-bond acceptors (Lipinski definition) is 5. The van der Waals surface area contributed by atoms with E-state index in [9.17, 15) is 28.6 Å². The van der Waals surface area contributed by atoms with Crippen LogP contribution < -0.4 is 5.32 Å². The summed E-state index contributed by atoms with van der Waals surface area (Å²) in [5.41, 5.74) is -0.485. The maximum absolute atomic E-state index is 13.4. The zero-order chi connectivity index (χ0) is 20.0. The number of aromatic carboxylic acids is 1. The lowest BCUT2D eigenvalue weighted by molar-refractivity contribution is 0.0171. The van der Waals surface area contributed by atoms with Crippen LogP contribution in [0.2, 0.25) is 0 Å². The first-order chi connectivity index (χ1) is 12.8. The monoisotopic (exact) mass is 381 g/mol. The second-order valence-electron chi connectivity index (χ2n) is 5.61. The van der Waals surface area contributed by atoms with E-state index in [0.717, 1.165) is 5.56 Å². The van der Waals surface area contributed by atoms with Crippen molar-refractivity contribution in [3.05, 3.63) is 70.8 Å². The Morgan fingerprint density at radius 2 is 1.70 bits per heavy atom. The van der Waals surface area contributed by atoms with E-state index in [-0.39, 0.29) is 6.61 Å². The summed E-state index contributed by atoms with van der Waals surface area (Å²) in [4.78, 5) is 22.8. The smallest absolute Gasteiger partial charge is 0.407 e. The summed E-state index contributed by atoms with van der Waals surface area (Å²) in [6.07, 6.45) is -4.44. The summed E-state index contributed by atoms with van der Waals surface area (Å²) < 4.78 is 31.5. The second kappa shape index (κ2) is 9.06. The Balaban J connectivity index is 1.95. The number of ether oxygens (including phenoxy) is 1. The maximum atomic E-state index is 13.4. The van der Waals surface area contributed by atoms with Gasteiger partial charge in [0.2, 0.25) is 0 Å². The highest BCUT2D eigenvalue weighted by Crippen LogP contribution is 2.24. The van der Waals surface area contributed by atoms with Crippen molar-refractivity contribution in [3.63, 3.8) is 0 Å². The van der Waals surface area contributed by atoms with Gasteiger partial charge in [-0.25, -0.2) is 18.4 Å². The fourth-order valence-corrected chi connectivity index (χ4v) is 2.27. The molecule has 0 saturated heterocycles. The van der Waals surface area contributed by atoms with E-state index in [1.165, 1.54) is 0 Å². The third kappa shape index (κ3) is 5.47. The van der Waals surface area contributed by atoms with Gasteiger partial charge < -0.3 is 25.4 Å². The van der Waals surface area contributed by atoms with Gasteiger partial charge in [-0.1, -0.05) is 30.3 Å². The van der Waals surface area contributed by atoms with Crippen LogP contribution in [0.5, 0.6) is 0 Å². The molecule has 0 bridgehead atoms. The number of hydrogen-bond donors (Lipinski definition) is 4. The number of alkyl carbamates (subject to hydrolysis) is 1. The molecule has 0 aliphatic rings. The second-order valence-corrected chi connectivity index (χ2v) is 5.61. The van der Waals surface area contributed by atoms with E-state index >= 15 is 0 Å². The van der Waals surface area contributed by atoms with Gasteiger partial charge in [0.15, 0.2) is 11.6 Å².